The zero-order chi connectivity index (χ0) is 22.7. The lowest BCUT2D eigenvalue weighted by atomic mass is 10.00. The molecule has 0 bridgehead atoms. The minimum Gasteiger partial charge on any atom is -0.342 e. The van der Waals surface area contributed by atoms with E-state index in [1.807, 2.05) is 32.0 Å². The Morgan fingerprint density at radius 3 is 2.50 bits per heavy atom. The highest BCUT2D eigenvalue weighted by atomic mass is 19.1. The summed E-state index contributed by atoms with van der Waals surface area (Å²) >= 11 is 0. The summed E-state index contributed by atoms with van der Waals surface area (Å²) in [6.45, 7) is 3.98. The lowest BCUT2D eigenvalue weighted by Gasteiger charge is -2.14. The second kappa shape index (κ2) is 9.28. The molecular weight excluding hydrogens is 405 g/mol. The average Bonchev–Trinajstić information content (AvgIpc) is 3.12. The van der Waals surface area contributed by atoms with E-state index in [9.17, 15) is 9.18 Å². The van der Waals surface area contributed by atoms with E-state index in [0.717, 1.165) is 27.8 Å². The second-order valence-electron chi connectivity index (χ2n) is 8.27. The monoisotopic (exact) mass is 431 g/mol. The number of nitrogens with one attached hydrogen (secondary N) is 2. The highest BCUT2D eigenvalue weighted by Crippen LogP contribution is 2.33. The largest absolute Gasteiger partial charge is 0.342 e. The third kappa shape index (κ3) is 4.84. The fraction of sp³-hybridized carbons (Fsp3) is 0.240. The van der Waals surface area contributed by atoms with E-state index in [1.54, 1.807) is 30.6 Å². The molecule has 3 aromatic heterocycles. The topological polar surface area (TPSA) is 96.7 Å². The van der Waals surface area contributed by atoms with Crippen molar-refractivity contribution >= 4 is 22.8 Å². The number of benzene rings is 1. The molecule has 0 radical (unpaired) electrons. The number of aromatic nitrogens is 3. The van der Waals surface area contributed by atoms with Crippen molar-refractivity contribution in [2.24, 2.45) is 11.7 Å². The number of aromatic amines is 1. The number of hydrogen-bond donors (Lipinski definition) is 3. The quantitative estimate of drug-likeness (QED) is 0.396. The van der Waals surface area contributed by atoms with Crippen molar-refractivity contribution in [2.45, 2.75) is 32.7 Å². The van der Waals surface area contributed by atoms with Crippen LogP contribution in [0.15, 0.2) is 60.9 Å². The number of fused-ring (bicyclic) bond motifs is 1. The van der Waals surface area contributed by atoms with Gasteiger partial charge in [-0.15, -0.1) is 0 Å². The highest BCUT2D eigenvalue weighted by molar-refractivity contribution is 5.98. The predicted octanol–water partition coefficient (Wildman–Crippen LogP) is 4.67. The van der Waals surface area contributed by atoms with Gasteiger partial charge < -0.3 is 16.0 Å². The molecule has 4 N–H and O–H groups in total. The van der Waals surface area contributed by atoms with Gasteiger partial charge in [0.2, 0.25) is 5.91 Å². The van der Waals surface area contributed by atoms with Crippen molar-refractivity contribution in [2.75, 3.05) is 5.32 Å². The molecule has 0 saturated heterocycles. The molecular formula is C25H26FN5O. The first kappa shape index (κ1) is 21.6. The number of halogens is 1. The summed E-state index contributed by atoms with van der Waals surface area (Å²) in [4.78, 5) is 24.5. The van der Waals surface area contributed by atoms with E-state index in [4.69, 9.17) is 5.73 Å². The maximum absolute atomic E-state index is 13.3. The van der Waals surface area contributed by atoms with Crippen LogP contribution >= 0.6 is 0 Å². The molecule has 6 nitrogen and oxygen atoms in total. The summed E-state index contributed by atoms with van der Waals surface area (Å²) in [7, 11) is 0. The van der Waals surface area contributed by atoms with Gasteiger partial charge in [-0.2, -0.15) is 0 Å². The van der Waals surface area contributed by atoms with Gasteiger partial charge in [0.15, 0.2) is 0 Å². The zero-order valence-corrected chi connectivity index (χ0v) is 18.1. The normalized spacial score (nSPS) is 12.3. The van der Waals surface area contributed by atoms with Gasteiger partial charge in [-0.25, -0.2) is 9.37 Å². The first-order valence-corrected chi connectivity index (χ1v) is 10.6. The first-order chi connectivity index (χ1) is 15.4. The Morgan fingerprint density at radius 1 is 1.09 bits per heavy atom. The molecule has 1 aromatic carbocycles. The van der Waals surface area contributed by atoms with E-state index in [1.165, 1.54) is 12.1 Å². The van der Waals surface area contributed by atoms with Crippen LogP contribution in [0.3, 0.4) is 0 Å². The SMILES string of the molecule is CC(C)[C@H](N)CC(=O)Nc1ccc2c(-c3ccncc3)c(Cc3ccc(F)cc3)[nH]c2n1. The number of H-pyrrole nitrogens is 1. The minimum atomic E-state index is -0.265. The van der Waals surface area contributed by atoms with Gasteiger partial charge in [0.1, 0.15) is 17.3 Å². The third-order valence-corrected chi connectivity index (χ3v) is 5.54. The highest BCUT2D eigenvalue weighted by Gasteiger charge is 2.17. The smallest absolute Gasteiger partial charge is 0.227 e. The Bertz CT molecular complexity index is 1220. The minimum absolute atomic E-state index is 0.162. The first-order valence-electron chi connectivity index (χ1n) is 10.6. The van der Waals surface area contributed by atoms with Crippen molar-refractivity contribution in [1.29, 1.82) is 0 Å². The lowest BCUT2D eigenvalue weighted by Crippen LogP contribution is -2.31. The molecule has 0 spiro atoms. The molecule has 0 fully saturated rings. The van der Waals surface area contributed by atoms with Crippen LogP contribution in [0.2, 0.25) is 0 Å². The van der Waals surface area contributed by atoms with Crippen LogP contribution < -0.4 is 11.1 Å². The summed E-state index contributed by atoms with van der Waals surface area (Å²) in [5.41, 5.74) is 10.6. The van der Waals surface area contributed by atoms with E-state index in [0.29, 0.717) is 17.9 Å². The number of pyridine rings is 2. The van der Waals surface area contributed by atoms with Crippen LogP contribution in [-0.2, 0) is 11.2 Å². The molecule has 0 aliphatic carbocycles. The van der Waals surface area contributed by atoms with Crippen molar-refractivity contribution in [1.82, 2.24) is 15.0 Å². The number of nitrogens with two attached hydrogens (primary N) is 1. The lowest BCUT2D eigenvalue weighted by molar-refractivity contribution is -0.116. The van der Waals surface area contributed by atoms with Crippen LogP contribution in [0.1, 0.15) is 31.5 Å². The number of nitrogens with zero attached hydrogens (tertiary/aromatic N) is 2. The Hall–Kier alpha value is -3.58. The molecule has 1 atom stereocenters. The molecule has 1 amide bonds. The van der Waals surface area contributed by atoms with Gasteiger partial charge in [-0.1, -0.05) is 26.0 Å². The molecule has 4 rings (SSSR count). The van der Waals surface area contributed by atoms with Crippen LogP contribution in [0, 0.1) is 11.7 Å². The van der Waals surface area contributed by atoms with Gasteiger partial charge in [-0.3, -0.25) is 9.78 Å². The Balaban J connectivity index is 1.69. The van der Waals surface area contributed by atoms with Gasteiger partial charge in [0.25, 0.3) is 0 Å². The van der Waals surface area contributed by atoms with Crippen molar-refractivity contribution in [3.8, 4) is 11.1 Å². The summed E-state index contributed by atoms with van der Waals surface area (Å²) in [5.74, 6) is 0.260. The molecule has 0 saturated carbocycles. The maximum Gasteiger partial charge on any atom is 0.227 e. The zero-order valence-electron chi connectivity index (χ0n) is 18.1. The van der Waals surface area contributed by atoms with E-state index in [2.05, 4.69) is 20.3 Å². The van der Waals surface area contributed by atoms with Crippen LogP contribution in [0.25, 0.3) is 22.2 Å². The number of carbonyl (C=O) groups excluding carboxylic acids is 1. The summed E-state index contributed by atoms with van der Waals surface area (Å²) < 4.78 is 13.3. The van der Waals surface area contributed by atoms with E-state index < -0.39 is 0 Å². The maximum atomic E-state index is 13.3. The molecule has 32 heavy (non-hydrogen) atoms. The Kier molecular flexibility index (Phi) is 6.28. The number of amides is 1. The number of rotatable bonds is 7. The number of carbonyl (C=O) groups is 1. The number of anilines is 1. The van der Waals surface area contributed by atoms with E-state index >= 15 is 0 Å². The van der Waals surface area contributed by atoms with Crippen LogP contribution in [0.4, 0.5) is 10.2 Å². The average molecular weight is 432 g/mol. The van der Waals surface area contributed by atoms with Crippen molar-refractivity contribution in [3.63, 3.8) is 0 Å². The molecule has 0 aliphatic rings. The van der Waals surface area contributed by atoms with Crippen molar-refractivity contribution < 1.29 is 9.18 Å². The van der Waals surface area contributed by atoms with Gasteiger partial charge in [-0.05, 0) is 53.4 Å². The Morgan fingerprint density at radius 2 is 1.81 bits per heavy atom. The fourth-order valence-electron chi connectivity index (χ4n) is 3.62. The van der Waals surface area contributed by atoms with Crippen LogP contribution in [0.5, 0.6) is 0 Å². The molecule has 7 heteroatoms. The van der Waals surface area contributed by atoms with E-state index in [-0.39, 0.29) is 30.1 Å². The van der Waals surface area contributed by atoms with Crippen LogP contribution in [-0.4, -0.2) is 26.9 Å². The molecule has 0 unspecified atom stereocenters. The fourth-order valence-corrected chi connectivity index (χ4v) is 3.62. The summed E-state index contributed by atoms with van der Waals surface area (Å²) in [6.07, 6.45) is 4.31. The second-order valence-corrected chi connectivity index (χ2v) is 8.27. The number of hydrogen-bond acceptors (Lipinski definition) is 4. The van der Waals surface area contributed by atoms with Gasteiger partial charge in [0, 0.05) is 47.9 Å². The predicted molar refractivity (Wildman–Crippen MR) is 125 cm³/mol. The van der Waals surface area contributed by atoms with Gasteiger partial charge in [0.05, 0.1) is 0 Å². The molecule has 4 aromatic rings. The van der Waals surface area contributed by atoms with Gasteiger partial charge >= 0.3 is 0 Å². The molecule has 164 valence electrons. The summed E-state index contributed by atoms with van der Waals surface area (Å²) in [5, 5.41) is 3.78. The molecule has 0 aliphatic heterocycles. The molecule has 3 heterocycles. The Labute approximate surface area is 186 Å². The third-order valence-electron chi connectivity index (χ3n) is 5.54. The van der Waals surface area contributed by atoms with Crippen molar-refractivity contribution in [3.05, 3.63) is 78.0 Å². The summed E-state index contributed by atoms with van der Waals surface area (Å²) in [6, 6.07) is 13.9. The standard InChI is InChI=1S/C25H26FN5O/c1-15(2)20(27)14-23(32)30-22-8-7-19-24(17-9-11-28-12-10-17)21(29-25(19)31-22)13-16-3-5-18(26)6-4-16/h3-12,15,20H,13-14,27H2,1-2H3,(H2,29,30,31,32)/t20-/m1/s1.